The van der Waals surface area contributed by atoms with Crippen LogP contribution < -0.4 is 0 Å². The van der Waals surface area contributed by atoms with Crippen molar-refractivity contribution >= 4 is 33.0 Å². The second-order valence-electron chi connectivity index (χ2n) is 3.72. The second kappa shape index (κ2) is 4.52. The number of thiophene rings is 1. The molecule has 2 aromatic rings. The fourth-order valence-corrected chi connectivity index (χ4v) is 2.69. The fraction of sp³-hybridized carbons (Fsp3) is 0.333. The molecular weight excluding hydrogens is 228 g/mol. The van der Waals surface area contributed by atoms with Gasteiger partial charge in [-0.25, -0.2) is 0 Å². The van der Waals surface area contributed by atoms with Gasteiger partial charge in [0.25, 0.3) is 0 Å². The number of ether oxygens (including phenoxy) is 1. The Morgan fingerprint density at radius 1 is 1.40 bits per heavy atom. The molecule has 1 heterocycles. The van der Waals surface area contributed by atoms with Crippen molar-refractivity contribution in [2.75, 3.05) is 0 Å². The highest BCUT2D eigenvalue weighted by Crippen LogP contribution is 2.31. The molecule has 0 atom stereocenters. The average Bonchev–Trinajstić information content (AvgIpc) is 2.59. The number of benzene rings is 1. The van der Waals surface area contributed by atoms with Crippen LogP contribution in [0.4, 0.5) is 0 Å². The molecule has 0 unspecified atom stereocenters. The highest BCUT2D eigenvalue weighted by molar-refractivity contribution is 7.19. The van der Waals surface area contributed by atoms with Crippen LogP contribution in [0.1, 0.15) is 18.7 Å². The maximum absolute atomic E-state index is 6.10. The predicted octanol–water partition coefficient (Wildman–Crippen LogP) is 4.48. The first-order chi connectivity index (χ1) is 7.16. The molecule has 3 heteroatoms. The third-order valence-electron chi connectivity index (χ3n) is 2.12. The largest absolute Gasteiger partial charge is 0.373 e. The number of rotatable bonds is 3. The van der Waals surface area contributed by atoms with Gasteiger partial charge in [-0.15, -0.1) is 11.3 Å². The van der Waals surface area contributed by atoms with Gasteiger partial charge in [-0.3, -0.25) is 0 Å². The Bertz CT molecular complexity index is 462. The summed E-state index contributed by atoms with van der Waals surface area (Å²) in [5.41, 5.74) is 0. The molecule has 80 valence electrons. The molecule has 0 amide bonds. The van der Waals surface area contributed by atoms with Gasteiger partial charge in [0, 0.05) is 20.0 Å². The Labute approximate surface area is 98.6 Å². The monoisotopic (exact) mass is 240 g/mol. The predicted molar refractivity (Wildman–Crippen MR) is 66.8 cm³/mol. The van der Waals surface area contributed by atoms with E-state index in [0.717, 1.165) is 10.4 Å². The lowest BCUT2D eigenvalue weighted by molar-refractivity contribution is 0.0675. The van der Waals surface area contributed by atoms with Crippen molar-refractivity contribution in [3.63, 3.8) is 0 Å². The minimum atomic E-state index is 0.269. The molecule has 0 aliphatic carbocycles. The van der Waals surface area contributed by atoms with Crippen molar-refractivity contribution in [2.24, 2.45) is 0 Å². The number of hydrogen-bond acceptors (Lipinski definition) is 2. The summed E-state index contributed by atoms with van der Waals surface area (Å²) in [6, 6.07) is 8.10. The maximum atomic E-state index is 6.10. The van der Waals surface area contributed by atoms with Gasteiger partial charge in [0.1, 0.15) is 0 Å². The Morgan fingerprint density at radius 3 is 2.87 bits per heavy atom. The van der Waals surface area contributed by atoms with Crippen LogP contribution in [0.2, 0.25) is 5.02 Å². The summed E-state index contributed by atoms with van der Waals surface area (Å²) < 4.78 is 6.79. The topological polar surface area (TPSA) is 9.23 Å². The zero-order valence-corrected chi connectivity index (χ0v) is 10.4. The van der Waals surface area contributed by atoms with Crippen molar-refractivity contribution < 1.29 is 4.74 Å². The molecule has 0 bridgehead atoms. The van der Waals surface area contributed by atoms with Crippen LogP contribution in [-0.4, -0.2) is 6.10 Å². The van der Waals surface area contributed by atoms with E-state index in [1.165, 1.54) is 9.58 Å². The first-order valence-corrected chi connectivity index (χ1v) is 6.15. The van der Waals surface area contributed by atoms with Gasteiger partial charge < -0.3 is 4.74 Å². The summed E-state index contributed by atoms with van der Waals surface area (Å²) in [6.45, 7) is 4.76. The Kier molecular flexibility index (Phi) is 3.29. The molecule has 0 spiro atoms. The molecule has 0 aliphatic rings. The van der Waals surface area contributed by atoms with Gasteiger partial charge in [-0.05, 0) is 32.0 Å². The van der Waals surface area contributed by atoms with Crippen LogP contribution in [0.15, 0.2) is 24.3 Å². The molecule has 15 heavy (non-hydrogen) atoms. The van der Waals surface area contributed by atoms with Crippen LogP contribution in [0.3, 0.4) is 0 Å². The van der Waals surface area contributed by atoms with Gasteiger partial charge in [0.15, 0.2) is 0 Å². The molecule has 0 fully saturated rings. The minimum Gasteiger partial charge on any atom is -0.373 e. The van der Waals surface area contributed by atoms with Crippen molar-refractivity contribution in [3.8, 4) is 0 Å². The van der Waals surface area contributed by atoms with Gasteiger partial charge in [-0.1, -0.05) is 17.7 Å². The molecule has 2 rings (SSSR count). The minimum absolute atomic E-state index is 0.269. The number of hydrogen-bond donors (Lipinski definition) is 0. The van der Waals surface area contributed by atoms with Gasteiger partial charge in [0.2, 0.25) is 0 Å². The standard InChI is InChI=1S/C12H13ClOS/c1-8(2)14-7-9-6-10-11(13)4-3-5-12(10)15-9/h3-6,8H,7H2,1-2H3. The van der Waals surface area contributed by atoms with Gasteiger partial charge in [0.05, 0.1) is 12.7 Å². The van der Waals surface area contributed by atoms with E-state index in [-0.39, 0.29) is 6.10 Å². The maximum Gasteiger partial charge on any atom is 0.0813 e. The van der Waals surface area contributed by atoms with E-state index in [4.69, 9.17) is 16.3 Å². The Hall–Kier alpha value is -0.570. The zero-order chi connectivity index (χ0) is 10.8. The summed E-state index contributed by atoms with van der Waals surface area (Å²) in [6.07, 6.45) is 0.269. The van der Waals surface area contributed by atoms with E-state index in [2.05, 4.69) is 12.1 Å². The smallest absolute Gasteiger partial charge is 0.0813 e. The molecule has 1 aromatic heterocycles. The van der Waals surface area contributed by atoms with E-state index >= 15 is 0 Å². The molecule has 1 nitrogen and oxygen atoms in total. The highest BCUT2D eigenvalue weighted by atomic mass is 35.5. The summed E-state index contributed by atoms with van der Waals surface area (Å²) in [7, 11) is 0. The van der Waals surface area contributed by atoms with E-state index in [0.29, 0.717) is 6.61 Å². The molecule has 0 radical (unpaired) electrons. The van der Waals surface area contributed by atoms with Gasteiger partial charge >= 0.3 is 0 Å². The second-order valence-corrected chi connectivity index (χ2v) is 5.30. The average molecular weight is 241 g/mol. The van der Waals surface area contributed by atoms with Crippen LogP contribution in [0.25, 0.3) is 10.1 Å². The summed E-state index contributed by atoms with van der Waals surface area (Å²) in [5.74, 6) is 0. The van der Waals surface area contributed by atoms with Gasteiger partial charge in [-0.2, -0.15) is 0 Å². The lowest BCUT2D eigenvalue weighted by Gasteiger charge is -2.04. The normalized spacial score (nSPS) is 11.5. The first-order valence-electron chi connectivity index (χ1n) is 4.95. The van der Waals surface area contributed by atoms with Crippen LogP contribution in [-0.2, 0) is 11.3 Å². The highest BCUT2D eigenvalue weighted by Gasteiger charge is 2.05. The molecule has 1 aromatic carbocycles. The Balaban J connectivity index is 2.27. The van der Waals surface area contributed by atoms with E-state index in [1.54, 1.807) is 11.3 Å². The number of fused-ring (bicyclic) bond motifs is 1. The van der Waals surface area contributed by atoms with Crippen molar-refractivity contribution in [2.45, 2.75) is 26.6 Å². The van der Waals surface area contributed by atoms with Crippen molar-refractivity contribution in [3.05, 3.63) is 34.2 Å². The van der Waals surface area contributed by atoms with E-state index in [1.807, 2.05) is 26.0 Å². The summed E-state index contributed by atoms with van der Waals surface area (Å²) >= 11 is 7.84. The Morgan fingerprint density at radius 2 is 2.20 bits per heavy atom. The van der Waals surface area contributed by atoms with E-state index in [9.17, 15) is 0 Å². The summed E-state index contributed by atoms with van der Waals surface area (Å²) in [5, 5.41) is 1.95. The zero-order valence-electron chi connectivity index (χ0n) is 8.79. The number of halogens is 1. The molecule has 0 saturated carbocycles. The molecule has 0 N–H and O–H groups in total. The fourth-order valence-electron chi connectivity index (χ4n) is 1.40. The third-order valence-corrected chi connectivity index (χ3v) is 3.52. The van der Waals surface area contributed by atoms with Crippen LogP contribution in [0.5, 0.6) is 0 Å². The SMILES string of the molecule is CC(C)OCc1cc2c(Cl)cccc2s1. The first kappa shape index (κ1) is 10.9. The molecule has 0 saturated heterocycles. The lowest BCUT2D eigenvalue weighted by Crippen LogP contribution is -2.00. The molecule has 0 aliphatic heterocycles. The lowest BCUT2D eigenvalue weighted by atomic mass is 10.2. The van der Waals surface area contributed by atoms with E-state index < -0.39 is 0 Å². The van der Waals surface area contributed by atoms with Crippen LogP contribution >= 0.6 is 22.9 Å². The van der Waals surface area contributed by atoms with Crippen LogP contribution in [0, 0.1) is 0 Å². The van der Waals surface area contributed by atoms with Crippen molar-refractivity contribution in [1.29, 1.82) is 0 Å². The quantitative estimate of drug-likeness (QED) is 0.769. The summed E-state index contributed by atoms with van der Waals surface area (Å²) in [4.78, 5) is 1.23. The molecular formula is C12H13ClOS. The van der Waals surface area contributed by atoms with Crippen molar-refractivity contribution in [1.82, 2.24) is 0 Å². The third kappa shape index (κ3) is 2.51.